The van der Waals surface area contributed by atoms with Gasteiger partial charge in [0.2, 0.25) is 0 Å². The first kappa shape index (κ1) is 11.4. The molecule has 0 unspecified atom stereocenters. The van der Waals surface area contributed by atoms with E-state index in [9.17, 15) is 4.79 Å². The first-order valence-corrected chi connectivity index (χ1v) is 4.63. The van der Waals surface area contributed by atoms with E-state index in [0.717, 1.165) is 0 Å². The topological polar surface area (TPSA) is 46.5 Å². The highest BCUT2D eigenvalue weighted by Gasteiger charge is 2.09. The summed E-state index contributed by atoms with van der Waals surface area (Å²) in [6, 6.07) is 2.85. The second kappa shape index (κ2) is 4.73. The Morgan fingerprint density at radius 2 is 2.00 bits per heavy atom. The lowest BCUT2D eigenvalue weighted by molar-refractivity contribution is -0.139. The number of hydrogen-bond acceptors (Lipinski definition) is 2. The number of carbonyl (C=O) groups is 1. The zero-order valence-electron chi connectivity index (χ0n) is 6.76. The van der Waals surface area contributed by atoms with Crippen LogP contribution < -0.4 is 4.74 Å². The first-order chi connectivity index (χ1) is 6.50. The summed E-state index contributed by atoms with van der Waals surface area (Å²) in [5.74, 6) is -0.941. The number of halogens is 3. The normalized spacial score (nSPS) is 9.93. The van der Waals surface area contributed by atoms with Gasteiger partial charge in [0.05, 0.1) is 5.02 Å². The maximum atomic E-state index is 10.2. The van der Waals surface area contributed by atoms with Crippen molar-refractivity contribution in [3.63, 3.8) is 0 Å². The Morgan fingerprint density at radius 3 is 2.57 bits per heavy atom. The van der Waals surface area contributed by atoms with Crippen LogP contribution in [0.2, 0.25) is 15.1 Å². The summed E-state index contributed by atoms with van der Waals surface area (Å²) >= 11 is 17.1. The molecule has 0 aliphatic heterocycles. The van der Waals surface area contributed by atoms with Gasteiger partial charge in [0, 0.05) is 11.1 Å². The fourth-order valence-electron chi connectivity index (χ4n) is 0.777. The molecular weight excluding hydrogens is 250 g/mol. The second-order valence-electron chi connectivity index (χ2n) is 2.38. The third-order valence-corrected chi connectivity index (χ3v) is 2.31. The average Bonchev–Trinajstić information content (AvgIpc) is 2.08. The van der Waals surface area contributed by atoms with Crippen LogP contribution in [-0.2, 0) is 4.79 Å². The van der Waals surface area contributed by atoms with Crippen LogP contribution in [0.25, 0.3) is 0 Å². The van der Waals surface area contributed by atoms with Gasteiger partial charge in [-0.25, -0.2) is 4.79 Å². The summed E-state index contributed by atoms with van der Waals surface area (Å²) in [7, 11) is 0. The zero-order valence-corrected chi connectivity index (χ0v) is 9.03. The minimum Gasteiger partial charge on any atom is -0.480 e. The summed E-state index contributed by atoms with van der Waals surface area (Å²) in [4.78, 5) is 10.2. The highest BCUT2D eigenvalue weighted by Crippen LogP contribution is 2.35. The van der Waals surface area contributed by atoms with Gasteiger partial charge >= 0.3 is 5.97 Å². The van der Waals surface area contributed by atoms with Crippen molar-refractivity contribution in [2.75, 3.05) is 6.61 Å². The van der Waals surface area contributed by atoms with Crippen molar-refractivity contribution in [3.8, 4) is 5.75 Å². The van der Waals surface area contributed by atoms with Gasteiger partial charge in [0.15, 0.2) is 6.61 Å². The van der Waals surface area contributed by atoms with Gasteiger partial charge in [-0.1, -0.05) is 34.8 Å². The molecule has 0 atom stereocenters. The van der Waals surface area contributed by atoms with Crippen LogP contribution in [-0.4, -0.2) is 17.7 Å². The molecule has 1 N–H and O–H groups in total. The average molecular weight is 255 g/mol. The molecule has 0 saturated carbocycles. The first-order valence-electron chi connectivity index (χ1n) is 3.50. The van der Waals surface area contributed by atoms with Gasteiger partial charge in [-0.05, 0) is 6.07 Å². The van der Waals surface area contributed by atoms with E-state index in [4.69, 9.17) is 44.6 Å². The molecule has 0 saturated heterocycles. The van der Waals surface area contributed by atoms with E-state index in [1.54, 1.807) is 0 Å². The molecule has 3 nitrogen and oxygen atoms in total. The Morgan fingerprint density at radius 1 is 1.36 bits per heavy atom. The van der Waals surface area contributed by atoms with Gasteiger partial charge in [-0.15, -0.1) is 0 Å². The van der Waals surface area contributed by atoms with E-state index in [-0.39, 0.29) is 15.8 Å². The molecule has 0 fully saturated rings. The van der Waals surface area contributed by atoms with E-state index in [1.807, 2.05) is 0 Å². The summed E-state index contributed by atoms with van der Waals surface area (Å²) in [5.41, 5.74) is 0. The number of carboxylic acid groups (broad SMARTS) is 1. The number of benzene rings is 1. The van der Waals surface area contributed by atoms with Gasteiger partial charge in [0.1, 0.15) is 10.8 Å². The molecular formula is C8H5Cl3O3. The zero-order chi connectivity index (χ0) is 10.7. The Hall–Kier alpha value is -0.640. The standard InChI is InChI=1S/C8H5Cl3O3/c9-4-1-5(10)8(11)6(2-4)14-3-7(12)13/h1-2H,3H2,(H,12,13). The molecule has 76 valence electrons. The molecule has 0 aromatic heterocycles. The fraction of sp³-hybridized carbons (Fsp3) is 0.125. The molecule has 0 bridgehead atoms. The molecule has 0 spiro atoms. The third kappa shape index (κ3) is 2.94. The molecule has 0 radical (unpaired) electrons. The van der Waals surface area contributed by atoms with Crippen LogP contribution >= 0.6 is 34.8 Å². The van der Waals surface area contributed by atoms with E-state index in [0.29, 0.717) is 5.02 Å². The second-order valence-corrected chi connectivity index (χ2v) is 3.60. The molecule has 0 aliphatic rings. The molecule has 14 heavy (non-hydrogen) atoms. The summed E-state index contributed by atoms with van der Waals surface area (Å²) in [5, 5.41) is 9.08. The number of ether oxygens (including phenoxy) is 1. The Bertz CT molecular complexity index is 365. The van der Waals surface area contributed by atoms with Crippen LogP contribution in [0.5, 0.6) is 5.75 Å². The smallest absolute Gasteiger partial charge is 0.341 e. The van der Waals surface area contributed by atoms with Crippen molar-refractivity contribution in [1.82, 2.24) is 0 Å². The Labute approximate surface area is 95.1 Å². The number of hydrogen-bond donors (Lipinski definition) is 1. The minimum absolute atomic E-state index is 0.150. The van der Waals surface area contributed by atoms with Gasteiger partial charge in [-0.2, -0.15) is 0 Å². The lowest BCUT2D eigenvalue weighted by atomic mass is 10.3. The van der Waals surface area contributed by atoms with Crippen LogP contribution in [0.4, 0.5) is 0 Å². The molecule has 0 aliphatic carbocycles. The Kier molecular flexibility index (Phi) is 3.86. The highest BCUT2D eigenvalue weighted by atomic mass is 35.5. The number of carboxylic acids is 1. The lowest BCUT2D eigenvalue weighted by Gasteiger charge is -2.07. The van der Waals surface area contributed by atoms with Crippen LogP contribution in [0, 0.1) is 0 Å². The van der Waals surface area contributed by atoms with Crippen LogP contribution in [0.1, 0.15) is 0 Å². The largest absolute Gasteiger partial charge is 0.480 e. The Balaban J connectivity index is 2.90. The molecule has 1 rings (SSSR count). The van der Waals surface area contributed by atoms with Crippen molar-refractivity contribution in [2.24, 2.45) is 0 Å². The minimum atomic E-state index is -1.10. The van der Waals surface area contributed by atoms with E-state index >= 15 is 0 Å². The summed E-state index contributed by atoms with van der Waals surface area (Å²) in [6.07, 6.45) is 0. The molecule has 0 amide bonds. The van der Waals surface area contributed by atoms with Gasteiger partial charge in [-0.3, -0.25) is 0 Å². The summed E-state index contributed by atoms with van der Waals surface area (Å²) < 4.78 is 4.86. The number of rotatable bonds is 3. The van der Waals surface area contributed by atoms with Crippen molar-refractivity contribution in [1.29, 1.82) is 0 Å². The highest BCUT2D eigenvalue weighted by molar-refractivity contribution is 6.44. The molecule has 6 heteroatoms. The predicted octanol–water partition coefficient (Wildman–Crippen LogP) is 3.11. The fourth-order valence-corrected chi connectivity index (χ4v) is 1.42. The third-order valence-electron chi connectivity index (χ3n) is 1.31. The van der Waals surface area contributed by atoms with Gasteiger partial charge in [0.25, 0.3) is 0 Å². The van der Waals surface area contributed by atoms with Crippen molar-refractivity contribution in [3.05, 3.63) is 27.2 Å². The molecule has 1 aromatic carbocycles. The monoisotopic (exact) mass is 254 g/mol. The SMILES string of the molecule is O=C(O)COc1cc(Cl)cc(Cl)c1Cl. The van der Waals surface area contributed by atoms with E-state index in [2.05, 4.69) is 0 Å². The van der Waals surface area contributed by atoms with Crippen LogP contribution in [0.15, 0.2) is 12.1 Å². The predicted molar refractivity (Wildman–Crippen MR) is 54.6 cm³/mol. The van der Waals surface area contributed by atoms with Crippen LogP contribution in [0.3, 0.4) is 0 Å². The van der Waals surface area contributed by atoms with Crippen molar-refractivity contribution in [2.45, 2.75) is 0 Å². The van der Waals surface area contributed by atoms with Crippen molar-refractivity contribution < 1.29 is 14.6 Å². The van der Waals surface area contributed by atoms with Crippen molar-refractivity contribution >= 4 is 40.8 Å². The van der Waals surface area contributed by atoms with Gasteiger partial charge < -0.3 is 9.84 Å². The maximum Gasteiger partial charge on any atom is 0.341 e. The number of aliphatic carboxylic acids is 1. The quantitative estimate of drug-likeness (QED) is 0.844. The summed E-state index contributed by atoms with van der Waals surface area (Å²) in [6.45, 7) is -0.490. The van der Waals surface area contributed by atoms with E-state index < -0.39 is 12.6 Å². The maximum absolute atomic E-state index is 10.2. The molecule has 1 aromatic rings. The lowest BCUT2D eigenvalue weighted by Crippen LogP contribution is -2.09. The van der Waals surface area contributed by atoms with E-state index in [1.165, 1.54) is 12.1 Å². The molecule has 0 heterocycles.